The van der Waals surface area contributed by atoms with Gasteiger partial charge in [0, 0.05) is 23.9 Å². The Morgan fingerprint density at radius 1 is 1.04 bits per heavy atom. The van der Waals surface area contributed by atoms with Crippen molar-refractivity contribution >= 4 is 40.5 Å². The van der Waals surface area contributed by atoms with Gasteiger partial charge in [0.15, 0.2) is 5.11 Å². The van der Waals surface area contributed by atoms with Crippen LogP contribution in [0, 0.1) is 0 Å². The average molecular weight is 385 g/mol. The van der Waals surface area contributed by atoms with Crippen LogP contribution in [-0.2, 0) is 4.79 Å². The van der Waals surface area contributed by atoms with Crippen molar-refractivity contribution in [1.29, 1.82) is 0 Å². The first-order valence-corrected chi connectivity index (χ1v) is 9.11. The summed E-state index contributed by atoms with van der Waals surface area (Å²) in [7, 11) is 0. The predicted octanol–water partition coefficient (Wildman–Crippen LogP) is 3.95. The molecule has 2 aromatic carbocycles. The van der Waals surface area contributed by atoms with Gasteiger partial charge in [-0.3, -0.25) is 14.9 Å². The summed E-state index contributed by atoms with van der Waals surface area (Å²) < 4.78 is 5.58. The number of hydrogen-bond donors (Lipinski definition) is 3. The van der Waals surface area contributed by atoms with Gasteiger partial charge < -0.3 is 15.4 Å². The molecule has 0 bridgehead atoms. The maximum absolute atomic E-state index is 12.3. The molecule has 142 valence electrons. The molecule has 2 aromatic rings. The quantitative estimate of drug-likeness (QED) is 0.497. The monoisotopic (exact) mass is 385 g/mol. The largest absolute Gasteiger partial charge is 0.494 e. The van der Waals surface area contributed by atoms with Crippen LogP contribution in [0.1, 0.15) is 37.0 Å². The summed E-state index contributed by atoms with van der Waals surface area (Å²) in [6, 6.07) is 13.9. The number of ether oxygens (including phenoxy) is 1. The lowest BCUT2D eigenvalue weighted by Gasteiger charge is -2.11. The highest BCUT2D eigenvalue weighted by Gasteiger charge is 2.09. The molecule has 2 amide bonds. The molecule has 0 unspecified atom stereocenters. The molecular formula is C20H23N3O3S. The maximum atomic E-state index is 12.3. The highest BCUT2D eigenvalue weighted by atomic mass is 32.1. The molecule has 2 rings (SSSR count). The molecule has 7 heteroatoms. The van der Waals surface area contributed by atoms with E-state index in [0.717, 1.165) is 18.6 Å². The number of amides is 2. The lowest BCUT2D eigenvalue weighted by Crippen LogP contribution is -2.34. The van der Waals surface area contributed by atoms with E-state index in [2.05, 4.69) is 22.9 Å². The van der Waals surface area contributed by atoms with E-state index in [4.69, 9.17) is 17.0 Å². The first-order valence-electron chi connectivity index (χ1n) is 8.71. The third-order valence-electron chi connectivity index (χ3n) is 3.55. The molecule has 0 aromatic heterocycles. The number of hydrogen-bond acceptors (Lipinski definition) is 4. The number of nitrogens with one attached hydrogen (secondary N) is 3. The smallest absolute Gasteiger partial charge is 0.257 e. The second kappa shape index (κ2) is 10.3. The normalized spacial score (nSPS) is 10.0. The summed E-state index contributed by atoms with van der Waals surface area (Å²) in [5.74, 6) is 0.256. The van der Waals surface area contributed by atoms with Crippen molar-refractivity contribution in [1.82, 2.24) is 5.32 Å². The standard InChI is InChI=1S/C20H23N3O3S/c1-3-4-12-26-18-10-8-15(9-11-18)19(25)23-20(27)22-17-7-5-6-16(13-17)21-14(2)24/h5-11,13H,3-4,12H2,1-2H3,(H,21,24)(H2,22,23,25,27). The Hall–Kier alpha value is -2.93. The summed E-state index contributed by atoms with van der Waals surface area (Å²) in [4.78, 5) is 23.4. The van der Waals surface area contributed by atoms with Gasteiger partial charge in [0.2, 0.25) is 5.91 Å². The van der Waals surface area contributed by atoms with E-state index in [1.165, 1.54) is 6.92 Å². The van der Waals surface area contributed by atoms with Gasteiger partial charge in [0.05, 0.1) is 6.61 Å². The predicted molar refractivity (Wildman–Crippen MR) is 111 cm³/mol. The maximum Gasteiger partial charge on any atom is 0.257 e. The van der Waals surface area contributed by atoms with Gasteiger partial charge in [0.25, 0.3) is 5.91 Å². The molecule has 0 fully saturated rings. The minimum absolute atomic E-state index is 0.162. The van der Waals surface area contributed by atoms with E-state index in [9.17, 15) is 9.59 Å². The van der Waals surface area contributed by atoms with Gasteiger partial charge in [-0.1, -0.05) is 19.4 Å². The van der Waals surface area contributed by atoms with Crippen LogP contribution in [0.4, 0.5) is 11.4 Å². The van der Waals surface area contributed by atoms with E-state index in [1.54, 1.807) is 48.5 Å². The van der Waals surface area contributed by atoms with Crippen molar-refractivity contribution in [2.75, 3.05) is 17.2 Å². The highest BCUT2D eigenvalue weighted by Crippen LogP contribution is 2.15. The van der Waals surface area contributed by atoms with E-state index in [-0.39, 0.29) is 16.9 Å². The molecule has 0 aliphatic carbocycles. The first-order chi connectivity index (χ1) is 13.0. The SMILES string of the molecule is CCCCOc1ccc(C(=O)NC(=S)Nc2cccc(NC(C)=O)c2)cc1. The van der Waals surface area contributed by atoms with Crippen molar-refractivity contribution in [3.05, 3.63) is 54.1 Å². The minimum atomic E-state index is -0.314. The van der Waals surface area contributed by atoms with Crippen LogP contribution >= 0.6 is 12.2 Å². The molecule has 0 spiro atoms. The van der Waals surface area contributed by atoms with Gasteiger partial charge in [-0.15, -0.1) is 0 Å². The zero-order valence-corrected chi connectivity index (χ0v) is 16.2. The number of anilines is 2. The number of carbonyl (C=O) groups excluding carboxylic acids is 2. The molecule has 6 nitrogen and oxygen atoms in total. The molecule has 0 radical (unpaired) electrons. The van der Waals surface area contributed by atoms with E-state index in [0.29, 0.717) is 23.5 Å². The van der Waals surface area contributed by atoms with Crippen LogP contribution < -0.4 is 20.7 Å². The third kappa shape index (κ3) is 7.07. The van der Waals surface area contributed by atoms with Crippen LogP contribution in [0.3, 0.4) is 0 Å². The van der Waals surface area contributed by atoms with Crippen molar-refractivity contribution in [2.45, 2.75) is 26.7 Å². The Morgan fingerprint density at radius 2 is 1.70 bits per heavy atom. The van der Waals surface area contributed by atoms with Gasteiger partial charge in [0.1, 0.15) is 5.75 Å². The van der Waals surface area contributed by atoms with Gasteiger partial charge >= 0.3 is 0 Å². The molecule has 0 saturated heterocycles. The van der Waals surface area contributed by atoms with Crippen LogP contribution in [0.2, 0.25) is 0 Å². The molecule has 27 heavy (non-hydrogen) atoms. The molecule has 0 aliphatic rings. The van der Waals surface area contributed by atoms with Crippen LogP contribution in [0.15, 0.2) is 48.5 Å². The van der Waals surface area contributed by atoms with Crippen LogP contribution in [0.25, 0.3) is 0 Å². The van der Waals surface area contributed by atoms with Gasteiger partial charge in [-0.2, -0.15) is 0 Å². The molecule has 3 N–H and O–H groups in total. The lowest BCUT2D eigenvalue weighted by atomic mass is 10.2. The number of benzene rings is 2. The van der Waals surface area contributed by atoms with E-state index >= 15 is 0 Å². The van der Waals surface area contributed by atoms with Crippen LogP contribution in [-0.4, -0.2) is 23.5 Å². The van der Waals surface area contributed by atoms with E-state index < -0.39 is 0 Å². The zero-order chi connectivity index (χ0) is 19.6. The molecule has 0 heterocycles. The van der Waals surface area contributed by atoms with Crippen molar-refractivity contribution in [3.8, 4) is 5.75 Å². The highest BCUT2D eigenvalue weighted by molar-refractivity contribution is 7.80. The summed E-state index contributed by atoms with van der Waals surface area (Å²) in [6.45, 7) is 4.20. The number of rotatable bonds is 7. The topological polar surface area (TPSA) is 79.5 Å². The van der Waals surface area contributed by atoms with Crippen molar-refractivity contribution in [2.24, 2.45) is 0 Å². The summed E-state index contributed by atoms with van der Waals surface area (Å²) in [5, 5.41) is 8.41. The Morgan fingerprint density at radius 3 is 2.33 bits per heavy atom. The van der Waals surface area contributed by atoms with Crippen molar-refractivity contribution < 1.29 is 14.3 Å². The number of unbranched alkanes of at least 4 members (excludes halogenated alkanes) is 1. The minimum Gasteiger partial charge on any atom is -0.494 e. The summed E-state index contributed by atoms with van der Waals surface area (Å²) in [6.07, 6.45) is 2.06. The molecule has 0 saturated carbocycles. The number of carbonyl (C=O) groups is 2. The summed E-state index contributed by atoms with van der Waals surface area (Å²) >= 11 is 5.18. The Labute approximate surface area is 164 Å². The Kier molecular flexibility index (Phi) is 7.76. The third-order valence-corrected chi connectivity index (χ3v) is 3.76. The van der Waals surface area contributed by atoms with Crippen molar-refractivity contribution in [3.63, 3.8) is 0 Å². The van der Waals surface area contributed by atoms with Crippen LogP contribution in [0.5, 0.6) is 5.75 Å². The summed E-state index contributed by atoms with van der Waals surface area (Å²) in [5.41, 5.74) is 1.78. The fourth-order valence-electron chi connectivity index (χ4n) is 2.25. The van der Waals surface area contributed by atoms with Gasteiger partial charge in [-0.05, 0) is 61.1 Å². The second-order valence-corrected chi connectivity index (χ2v) is 6.30. The second-order valence-electron chi connectivity index (χ2n) is 5.90. The van der Waals surface area contributed by atoms with Gasteiger partial charge in [-0.25, -0.2) is 0 Å². The Balaban J connectivity index is 1.89. The Bertz CT molecular complexity index is 806. The molecule has 0 aliphatic heterocycles. The van der Waals surface area contributed by atoms with E-state index in [1.807, 2.05) is 0 Å². The molecular weight excluding hydrogens is 362 g/mol. The average Bonchev–Trinajstić information content (AvgIpc) is 2.62. The zero-order valence-electron chi connectivity index (χ0n) is 15.4. The fraction of sp³-hybridized carbons (Fsp3) is 0.250. The lowest BCUT2D eigenvalue weighted by molar-refractivity contribution is -0.114. The fourth-order valence-corrected chi connectivity index (χ4v) is 2.46. The first kappa shape index (κ1) is 20.4. The molecule has 0 atom stereocenters. The number of thiocarbonyl (C=S) groups is 1.